The average molecular weight is 291 g/mol. The number of thiophene rings is 1. The Morgan fingerprint density at radius 2 is 2.11 bits per heavy atom. The maximum atomic E-state index is 11.9. The first-order valence-corrected chi connectivity index (χ1v) is 8.63. The second kappa shape index (κ2) is 7.23. The number of hydrogen-bond acceptors (Lipinski definition) is 4. The SMILES string of the molecule is CC(C)C(NS(=O)(=O)CCCCO)c1cccs1. The van der Waals surface area contributed by atoms with Crippen LogP contribution in [0.4, 0.5) is 0 Å². The molecule has 1 rings (SSSR count). The van der Waals surface area contributed by atoms with Gasteiger partial charge in [-0.1, -0.05) is 19.9 Å². The molecule has 0 aliphatic carbocycles. The molecule has 2 N–H and O–H groups in total. The molecular formula is C12H21NO3S2. The van der Waals surface area contributed by atoms with E-state index >= 15 is 0 Å². The van der Waals surface area contributed by atoms with Crippen molar-refractivity contribution in [3.05, 3.63) is 22.4 Å². The second-order valence-electron chi connectivity index (χ2n) is 4.60. The number of aliphatic hydroxyl groups excluding tert-OH is 1. The minimum absolute atomic E-state index is 0.0358. The normalized spacial score (nSPS) is 14.0. The van der Waals surface area contributed by atoms with Crippen LogP contribution >= 0.6 is 11.3 Å². The van der Waals surface area contributed by atoms with Crippen LogP contribution in [0.2, 0.25) is 0 Å². The van der Waals surface area contributed by atoms with Gasteiger partial charge in [-0.15, -0.1) is 11.3 Å². The Labute approximate surface area is 113 Å². The van der Waals surface area contributed by atoms with Crippen LogP contribution in [0.5, 0.6) is 0 Å². The van der Waals surface area contributed by atoms with Crippen LogP contribution in [0.1, 0.15) is 37.6 Å². The predicted octanol–water partition coefficient (Wildman–Crippen LogP) is 2.14. The van der Waals surface area contributed by atoms with Crippen molar-refractivity contribution in [2.75, 3.05) is 12.4 Å². The van der Waals surface area contributed by atoms with E-state index in [0.717, 1.165) is 4.88 Å². The Kier molecular flexibility index (Phi) is 6.28. The van der Waals surface area contributed by atoms with Gasteiger partial charge in [0.05, 0.1) is 11.8 Å². The highest BCUT2D eigenvalue weighted by Crippen LogP contribution is 2.26. The van der Waals surface area contributed by atoms with E-state index in [0.29, 0.717) is 12.8 Å². The summed E-state index contributed by atoms with van der Waals surface area (Å²) in [5, 5.41) is 10.6. The molecule has 0 aromatic carbocycles. The predicted molar refractivity (Wildman–Crippen MR) is 75.1 cm³/mol. The highest BCUT2D eigenvalue weighted by Gasteiger charge is 2.22. The molecule has 104 valence electrons. The Balaban J connectivity index is 2.67. The molecule has 0 amide bonds. The third-order valence-corrected chi connectivity index (χ3v) is 5.04. The summed E-state index contributed by atoms with van der Waals surface area (Å²) < 4.78 is 26.6. The van der Waals surface area contributed by atoms with E-state index in [1.807, 2.05) is 31.4 Å². The number of sulfonamides is 1. The van der Waals surface area contributed by atoms with Crippen molar-refractivity contribution >= 4 is 21.4 Å². The van der Waals surface area contributed by atoms with E-state index < -0.39 is 10.0 Å². The van der Waals surface area contributed by atoms with Crippen LogP contribution in [0.3, 0.4) is 0 Å². The standard InChI is InChI=1S/C12H21NO3S2/c1-10(2)12(11-6-5-8-17-11)13-18(15,16)9-4-3-7-14/h5-6,8,10,12-14H,3-4,7,9H2,1-2H3. The maximum absolute atomic E-state index is 11.9. The summed E-state index contributed by atoms with van der Waals surface area (Å²) in [5.41, 5.74) is 0. The zero-order chi connectivity index (χ0) is 13.6. The second-order valence-corrected chi connectivity index (χ2v) is 7.46. The fourth-order valence-electron chi connectivity index (χ4n) is 1.65. The monoisotopic (exact) mass is 291 g/mol. The van der Waals surface area contributed by atoms with Crippen LogP contribution in [-0.4, -0.2) is 25.9 Å². The fourth-order valence-corrected chi connectivity index (χ4v) is 4.16. The molecule has 18 heavy (non-hydrogen) atoms. The molecule has 0 saturated carbocycles. The zero-order valence-electron chi connectivity index (χ0n) is 10.8. The lowest BCUT2D eigenvalue weighted by molar-refractivity contribution is 0.287. The lowest BCUT2D eigenvalue weighted by Crippen LogP contribution is -2.33. The van der Waals surface area contributed by atoms with E-state index in [4.69, 9.17) is 5.11 Å². The number of hydrogen-bond donors (Lipinski definition) is 2. The fraction of sp³-hybridized carbons (Fsp3) is 0.667. The molecule has 1 heterocycles. The van der Waals surface area contributed by atoms with Crippen LogP contribution in [0.25, 0.3) is 0 Å². The molecule has 0 bridgehead atoms. The molecule has 1 atom stereocenters. The van der Waals surface area contributed by atoms with Gasteiger partial charge in [0.15, 0.2) is 0 Å². The van der Waals surface area contributed by atoms with Gasteiger partial charge in [-0.05, 0) is 30.2 Å². The van der Waals surface area contributed by atoms with Crippen molar-refractivity contribution in [1.82, 2.24) is 4.72 Å². The Hall–Kier alpha value is -0.430. The van der Waals surface area contributed by atoms with E-state index in [2.05, 4.69) is 4.72 Å². The Morgan fingerprint density at radius 3 is 2.61 bits per heavy atom. The molecule has 0 radical (unpaired) electrons. The van der Waals surface area contributed by atoms with Gasteiger partial charge < -0.3 is 5.11 Å². The van der Waals surface area contributed by atoms with E-state index in [9.17, 15) is 8.42 Å². The smallest absolute Gasteiger partial charge is 0.212 e. The first-order valence-electron chi connectivity index (χ1n) is 6.10. The quantitative estimate of drug-likeness (QED) is 0.721. The molecule has 6 heteroatoms. The van der Waals surface area contributed by atoms with E-state index in [-0.39, 0.29) is 24.3 Å². The summed E-state index contributed by atoms with van der Waals surface area (Å²) in [6, 6.07) is 3.71. The average Bonchev–Trinajstić information content (AvgIpc) is 2.79. The molecule has 1 unspecified atom stereocenters. The molecule has 1 aromatic rings. The van der Waals surface area contributed by atoms with Crippen molar-refractivity contribution in [3.63, 3.8) is 0 Å². The van der Waals surface area contributed by atoms with Gasteiger partial charge in [-0.25, -0.2) is 13.1 Å². The molecule has 0 aliphatic heterocycles. The van der Waals surface area contributed by atoms with E-state index in [1.54, 1.807) is 11.3 Å². The molecule has 0 aliphatic rings. The van der Waals surface area contributed by atoms with Crippen LogP contribution in [0.15, 0.2) is 17.5 Å². The van der Waals surface area contributed by atoms with Crippen molar-refractivity contribution in [3.8, 4) is 0 Å². The van der Waals surface area contributed by atoms with E-state index in [1.165, 1.54) is 0 Å². The number of rotatable bonds is 8. The highest BCUT2D eigenvalue weighted by atomic mass is 32.2. The number of nitrogens with one attached hydrogen (secondary N) is 1. The van der Waals surface area contributed by atoms with Crippen LogP contribution < -0.4 is 4.72 Å². The highest BCUT2D eigenvalue weighted by molar-refractivity contribution is 7.89. The summed E-state index contributed by atoms with van der Waals surface area (Å²) in [5.74, 6) is 0.276. The molecular weight excluding hydrogens is 270 g/mol. The minimum Gasteiger partial charge on any atom is -0.396 e. The van der Waals surface area contributed by atoms with Gasteiger partial charge in [-0.3, -0.25) is 0 Å². The summed E-state index contributed by atoms with van der Waals surface area (Å²) in [7, 11) is -3.28. The number of unbranched alkanes of at least 4 members (excludes halogenated alkanes) is 1. The molecule has 0 saturated heterocycles. The van der Waals surface area contributed by atoms with Crippen molar-refractivity contribution in [2.45, 2.75) is 32.7 Å². The molecule has 1 aromatic heterocycles. The van der Waals surface area contributed by atoms with Crippen LogP contribution in [-0.2, 0) is 10.0 Å². The molecule has 0 fully saturated rings. The maximum Gasteiger partial charge on any atom is 0.212 e. The summed E-state index contributed by atoms with van der Waals surface area (Å²) >= 11 is 1.56. The van der Waals surface area contributed by atoms with Crippen molar-refractivity contribution < 1.29 is 13.5 Å². The summed E-state index contributed by atoms with van der Waals surface area (Å²) in [4.78, 5) is 1.04. The van der Waals surface area contributed by atoms with Gasteiger partial charge in [0.1, 0.15) is 0 Å². The lowest BCUT2D eigenvalue weighted by atomic mass is 10.0. The van der Waals surface area contributed by atoms with Gasteiger partial charge in [0.25, 0.3) is 0 Å². The third-order valence-electron chi connectivity index (χ3n) is 2.64. The topological polar surface area (TPSA) is 66.4 Å². The largest absolute Gasteiger partial charge is 0.396 e. The Bertz CT molecular complexity index is 426. The van der Waals surface area contributed by atoms with Gasteiger partial charge in [-0.2, -0.15) is 0 Å². The summed E-state index contributed by atoms with van der Waals surface area (Å²) in [6.45, 7) is 4.04. The van der Waals surface area contributed by atoms with Gasteiger partial charge >= 0.3 is 0 Å². The van der Waals surface area contributed by atoms with Crippen LogP contribution in [0, 0.1) is 5.92 Å². The van der Waals surface area contributed by atoms with Crippen molar-refractivity contribution in [1.29, 1.82) is 0 Å². The molecule has 0 spiro atoms. The first kappa shape index (κ1) is 15.6. The van der Waals surface area contributed by atoms with Gasteiger partial charge in [0.2, 0.25) is 10.0 Å². The third kappa shape index (κ3) is 5.06. The van der Waals surface area contributed by atoms with Gasteiger partial charge in [0, 0.05) is 11.5 Å². The minimum atomic E-state index is -3.28. The van der Waals surface area contributed by atoms with Crippen molar-refractivity contribution in [2.24, 2.45) is 5.92 Å². The lowest BCUT2D eigenvalue weighted by Gasteiger charge is -2.21. The Morgan fingerprint density at radius 1 is 1.39 bits per heavy atom. The zero-order valence-corrected chi connectivity index (χ0v) is 12.4. The molecule has 4 nitrogen and oxygen atoms in total. The number of aliphatic hydroxyl groups is 1. The first-order chi connectivity index (χ1) is 8.46. The summed E-state index contributed by atoms with van der Waals surface area (Å²) in [6.07, 6.45) is 1.01.